The molecule has 0 fully saturated rings. The molecule has 1 aromatic heterocycles. The molecule has 0 bridgehead atoms. The Morgan fingerprint density at radius 1 is 1.60 bits per heavy atom. The standard InChI is InChI=1S/C6H7ClN2O/c7-6-8-4-1-2-10-3-5(4)9-6/h1-3H2,(H,8,9). The smallest absolute Gasteiger partial charge is 0.200 e. The maximum absolute atomic E-state index is 5.63. The van der Waals surface area contributed by atoms with Gasteiger partial charge < -0.3 is 9.72 Å². The van der Waals surface area contributed by atoms with Gasteiger partial charge in [-0.05, 0) is 11.6 Å². The second-order valence-corrected chi connectivity index (χ2v) is 2.61. The van der Waals surface area contributed by atoms with Crippen molar-refractivity contribution >= 4 is 11.6 Å². The third-order valence-electron chi connectivity index (χ3n) is 1.57. The molecule has 0 aliphatic carbocycles. The Morgan fingerprint density at radius 2 is 2.50 bits per heavy atom. The molecule has 1 aliphatic rings. The van der Waals surface area contributed by atoms with Gasteiger partial charge in [-0.1, -0.05) is 0 Å². The third kappa shape index (κ3) is 0.914. The van der Waals surface area contributed by atoms with Gasteiger partial charge >= 0.3 is 0 Å². The molecule has 3 nitrogen and oxygen atoms in total. The number of aromatic amines is 1. The number of fused-ring (bicyclic) bond motifs is 1. The first kappa shape index (κ1) is 6.19. The highest BCUT2D eigenvalue weighted by Gasteiger charge is 2.12. The van der Waals surface area contributed by atoms with E-state index >= 15 is 0 Å². The lowest BCUT2D eigenvalue weighted by molar-refractivity contribution is 0.107. The summed E-state index contributed by atoms with van der Waals surface area (Å²) in [4.78, 5) is 7.01. The van der Waals surface area contributed by atoms with Crippen molar-refractivity contribution in [2.24, 2.45) is 0 Å². The first-order chi connectivity index (χ1) is 4.86. The van der Waals surface area contributed by atoms with Crippen LogP contribution < -0.4 is 0 Å². The molecule has 2 heterocycles. The number of hydrogen-bond donors (Lipinski definition) is 1. The normalized spacial score (nSPS) is 16.9. The van der Waals surface area contributed by atoms with E-state index in [0.717, 1.165) is 24.4 Å². The van der Waals surface area contributed by atoms with E-state index in [1.165, 1.54) is 0 Å². The van der Waals surface area contributed by atoms with Crippen molar-refractivity contribution in [3.05, 3.63) is 16.7 Å². The van der Waals surface area contributed by atoms with Gasteiger partial charge in [0.2, 0.25) is 5.28 Å². The summed E-state index contributed by atoms with van der Waals surface area (Å²) in [6.07, 6.45) is 0.874. The Balaban J connectivity index is 2.41. The average molecular weight is 159 g/mol. The molecule has 0 saturated heterocycles. The molecule has 10 heavy (non-hydrogen) atoms. The van der Waals surface area contributed by atoms with Gasteiger partial charge in [-0.3, -0.25) is 0 Å². The van der Waals surface area contributed by atoms with E-state index in [4.69, 9.17) is 16.3 Å². The van der Waals surface area contributed by atoms with Gasteiger partial charge in [0.25, 0.3) is 0 Å². The van der Waals surface area contributed by atoms with E-state index in [1.54, 1.807) is 0 Å². The van der Waals surface area contributed by atoms with Crippen LogP contribution in [0.25, 0.3) is 0 Å². The summed E-state index contributed by atoms with van der Waals surface area (Å²) in [6.45, 7) is 1.38. The second-order valence-electron chi connectivity index (χ2n) is 2.26. The maximum atomic E-state index is 5.63. The van der Waals surface area contributed by atoms with Gasteiger partial charge in [0.1, 0.15) is 0 Å². The van der Waals surface area contributed by atoms with Gasteiger partial charge in [-0.25, -0.2) is 4.98 Å². The topological polar surface area (TPSA) is 37.9 Å². The molecule has 54 valence electrons. The van der Waals surface area contributed by atoms with Crippen molar-refractivity contribution < 1.29 is 4.74 Å². The van der Waals surface area contributed by atoms with Crippen molar-refractivity contribution in [1.82, 2.24) is 9.97 Å². The highest BCUT2D eigenvalue weighted by Crippen LogP contribution is 2.15. The minimum absolute atomic E-state index is 0.468. The molecule has 0 amide bonds. The van der Waals surface area contributed by atoms with E-state index in [-0.39, 0.29) is 0 Å². The van der Waals surface area contributed by atoms with E-state index in [9.17, 15) is 0 Å². The summed E-state index contributed by atoms with van der Waals surface area (Å²) in [7, 11) is 0. The van der Waals surface area contributed by atoms with Gasteiger partial charge in [0.05, 0.1) is 24.6 Å². The summed E-state index contributed by atoms with van der Waals surface area (Å²) < 4.78 is 5.18. The first-order valence-electron chi connectivity index (χ1n) is 3.17. The van der Waals surface area contributed by atoms with Crippen LogP contribution in [0.2, 0.25) is 5.28 Å². The minimum Gasteiger partial charge on any atom is -0.375 e. The van der Waals surface area contributed by atoms with E-state index in [2.05, 4.69) is 9.97 Å². The zero-order chi connectivity index (χ0) is 6.97. The monoisotopic (exact) mass is 158 g/mol. The lowest BCUT2D eigenvalue weighted by Crippen LogP contribution is -2.08. The summed E-state index contributed by atoms with van der Waals surface area (Å²) >= 11 is 5.63. The predicted octanol–water partition coefficient (Wildman–Crippen LogP) is 1.14. The van der Waals surface area contributed by atoms with Crippen LogP contribution in [0.5, 0.6) is 0 Å². The molecule has 0 spiro atoms. The van der Waals surface area contributed by atoms with Gasteiger partial charge in [0.15, 0.2) is 0 Å². The highest BCUT2D eigenvalue weighted by atomic mass is 35.5. The fourth-order valence-electron chi connectivity index (χ4n) is 1.08. The second kappa shape index (κ2) is 2.25. The first-order valence-corrected chi connectivity index (χ1v) is 3.55. The van der Waals surface area contributed by atoms with Crippen LogP contribution in [0, 0.1) is 0 Å². The predicted molar refractivity (Wildman–Crippen MR) is 37.0 cm³/mol. The van der Waals surface area contributed by atoms with Crippen LogP contribution in [-0.2, 0) is 17.8 Å². The molecule has 0 atom stereocenters. The number of halogens is 1. The third-order valence-corrected chi connectivity index (χ3v) is 1.74. The Bertz CT molecular complexity index is 222. The highest BCUT2D eigenvalue weighted by molar-refractivity contribution is 6.28. The summed E-state index contributed by atoms with van der Waals surface area (Å²) in [5.41, 5.74) is 2.08. The molecule has 1 aliphatic heterocycles. The Morgan fingerprint density at radius 3 is 3.30 bits per heavy atom. The summed E-state index contributed by atoms with van der Waals surface area (Å²) in [5.74, 6) is 0. The molecule has 0 unspecified atom stereocenters. The molecule has 2 rings (SSSR count). The number of imidazole rings is 1. The lowest BCUT2D eigenvalue weighted by Gasteiger charge is -2.08. The Labute approximate surface area is 63.4 Å². The number of ether oxygens (including phenoxy) is 1. The molecule has 0 radical (unpaired) electrons. The van der Waals surface area contributed by atoms with E-state index < -0.39 is 0 Å². The number of nitrogens with one attached hydrogen (secondary N) is 1. The van der Waals surface area contributed by atoms with Crippen molar-refractivity contribution in [1.29, 1.82) is 0 Å². The largest absolute Gasteiger partial charge is 0.375 e. The van der Waals surface area contributed by atoms with Crippen LogP contribution >= 0.6 is 11.6 Å². The zero-order valence-corrected chi connectivity index (χ0v) is 6.11. The molecular formula is C6H7ClN2O. The van der Waals surface area contributed by atoms with E-state index in [1.807, 2.05) is 0 Å². The molecule has 1 aromatic rings. The summed E-state index contributed by atoms with van der Waals surface area (Å²) in [5, 5.41) is 0.468. The van der Waals surface area contributed by atoms with Crippen LogP contribution in [0.15, 0.2) is 0 Å². The van der Waals surface area contributed by atoms with Crippen molar-refractivity contribution in [2.75, 3.05) is 6.61 Å². The van der Waals surface area contributed by atoms with Crippen molar-refractivity contribution in [2.45, 2.75) is 13.0 Å². The molecule has 4 heteroatoms. The Kier molecular flexibility index (Phi) is 1.39. The molecule has 0 saturated carbocycles. The number of rotatable bonds is 0. The fourth-order valence-corrected chi connectivity index (χ4v) is 1.30. The molecular weight excluding hydrogens is 152 g/mol. The van der Waals surface area contributed by atoms with Crippen LogP contribution in [0.1, 0.15) is 11.4 Å². The number of H-pyrrole nitrogens is 1. The Hall–Kier alpha value is -0.540. The number of nitrogens with zero attached hydrogens (tertiary/aromatic N) is 1. The van der Waals surface area contributed by atoms with Crippen LogP contribution in [-0.4, -0.2) is 16.6 Å². The van der Waals surface area contributed by atoms with Crippen LogP contribution in [0.3, 0.4) is 0 Å². The molecule has 1 N–H and O–H groups in total. The quantitative estimate of drug-likeness (QED) is 0.615. The van der Waals surface area contributed by atoms with Crippen molar-refractivity contribution in [3.63, 3.8) is 0 Å². The van der Waals surface area contributed by atoms with Gasteiger partial charge in [-0.15, -0.1) is 0 Å². The van der Waals surface area contributed by atoms with Crippen LogP contribution in [0.4, 0.5) is 0 Å². The fraction of sp³-hybridized carbons (Fsp3) is 0.500. The minimum atomic E-state index is 0.468. The lowest BCUT2D eigenvalue weighted by atomic mass is 10.2. The number of aromatic nitrogens is 2. The molecule has 0 aromatic carbocycles. The number of hydrogen-bond acceptors (Lipinski definition) is 2. The van der Waals surface area contributed by atoms with Crippen molar-refractivity contribution in [3.8, 4) is 0 Å². The van der Waals surface area contributed by atoms with Gasteiger partial charge in [-0.2, -0.15) is 0 Å². The average Bonchev–Trinajstić information content (AvgIpc) is 2.27. The summed E-state index contributed by atoms with van der Waals surface area (Å²) in [6, 6.07) is 0. The van der Waals surface area contributed by atoms with Gasteiger partial charge in [0, 0.05) is 6.42 Å². The SMILES string of the molecule is Clc1nc2c([nH]1)COCC2. The maximum Gasteiger partial charge on any atom is 0.200 e. The van der Waals surface area contributed by atoms with E-state index in [0.29, 0.717) is 11.9 Å². The zero-order valence-electron chi connectivity index (χ0n) is 5.35.